The molecular formula is C20H23N7. The molecular weight excluding hydrogens is 338 g/mol. The Morgan fingerprint density at radius 1 is 1.00 bits per heavy atom. The molecule has 0 aliphatic heterocycles. The summed E-state index contributed by atoms with van der Waals surface area (Å²) in [6.45, 7) is 3.93. The highest BCUT2D eigenvalue weighted by Crippen LogP contribution is 2.32. The lowest BCUT2D eigenvalue weighted by Crippen LogP contribution is -2.32. The number of pyridine rings is 2. The predicted octanol–water partition coefficient (Wildman–Crippen LogP) is 2.96. The summed E-state index contributed by atoms with van der Waals surface area (Å²) in [5.41, 5.74) is 9.99. The van der Waals surface area contributed by atoms with Crippen molar-refractivity contribution in [2.75, 3.05) is 4.90 Å². The summed E-state index contributed by atoms with van der Waals surface area (Å²) in [6.07, 6.45) is 8.26. The molecule has 2 N–H and O–H groups in total. The van der Waals surface area contributed by atoms with Crippen LogP contribution in [0.5, 0.6) is 0 Å². The van der Waals surface area contributed by atoms with Crippen molar-refractivity contribution < 1.29 is 0 Å². The van der Waals surface area contributed by atoms with E-state index in [1.54, 1.807) is 12.4 Å². The van der Waals surface area contributed by atoms with Crippen molar-refractivity contribution in [3.8, 4) is 11.3 Å². The summed E-state index contributed by atoms with van der Waals surface area (Å²) < 4.78 is 0. The van der Waals surface area contributed by atoms with Crippen molar-refractivity contribution in [3.63, 3.8) is 0 Å². The van der Waals surface area contributed by atoms with E-state index < -0.39 is 0 Å². The molecule has 3 aromatic rings. The molecule has 1 saturated carbocycles. The maximum Gasteiger partial charge on any atom is 0.251 e. The molecule has 0 aromatic carbocycles. The minimum Gasteiger partial charge on any atom is -0.328 e. The Bertz CT molecular complexity index is 908. The predicted molar refractivity (Wildman–Crippen MR) is 105 cm³/mol. The van der Waals surface area contributed by atoms with Crippen molar-refractivity contribution in [2.45, 2.75) is 45.2 Å². The third kappa shape index (κ3) is 3.64. The highest BCUT2D eigenvalue weighted by atomic mass is 15.4. The lowest BCUT2D eigenvalue weighted by atomic mass is 10.1. The molecule has 7 nitrogen and oxygen atoms in total. The van der Waals surface area contributed by atoms with Gasteiger partial charge in [-0.05, 0) is 56.9 Å². The summed E-state index contributed by atoms with van der Waals surface area (Å²) >= 11 is 0. The molecule has 0 bridgehead atoms. The zero-order chi connectivity index (χ0) is 18.8. The summed E-state index contributed by atoms with van der Waals surface area (Å²) in [4.78, 5) is 15.7. The van der Waals surface area contributed by atoms with Crippen molar-refractivity contribution in [3.05, 3.63) is 54.1 Å². The van der Waals surface area contributed by atoms with Crippen LogP contribution in [0.1, 0.15) is 30.5 Å². The molecule has 2 unspecified atom stereocenters. The molecule has 2 atom stereocenters. The minimum absolute atomic E-state index is 0.200. The molecule has 3 heterocycles. The number of hydrogen-bond donors (Lipinski definition) is 1. The van der Waals surface area contributed by atoms with Crippen LogP contribution in [0, 0.1) is 13.8 Å². The van der Waals surface area contributed by atoms with E-state index in [-0.39, 0.29) is 12.1 Å². The smallest absolute Gasteiger partial charge is 0.251 e. The zero-order valence-electron chi connectivity index (χ0n) is 15.6. The van der Waals surface area contributed by atoms with Gasteiger partial charge in [-0.15, -0.1) is 5.10 Å². The van der Waals surface area contributed by atoms with Gasteiger partial charge in [0.15, 0.2) is 0 Å². The number of anilines is 2. The fourth-order valence-corrected chi connectivity index (χ4v) is 3.57. The highest BCUT2D eigenvalue weighted by molar-refractivity contribution is 5.64. The fraction of sp³-hybridized carbons (Fsp3) is 0.350. The summed E-state index contributed by atoms with van der Waals surface area (Å²) in [5, 5.41) is 8.46. The van der Waals surface area contributed by atoms with Gasteiger partial charge in [0.25, 0.3) is 5.95 Å². The first-order valence-corrected chi connectivity index (χ1v) is 9.21. The fourth-order valence-electron chi connectivity index (χ4n) is 3.57. The molecule has 4 rings (SSSR count). The van der Waals surface area contributed by atoms with Gasteiger partial charge >= 0.3 is 0 Å². The summed E-state index contributed by atoms with van der Waals surface area (Å²) in [7, 11) is 0. The Labute approximate surface area is 158 Å². The number of rotatable bonds is 4. The number of nitrogens with zero attached hydrogens (tertiary/aromatic N) is 6. The second kappa shape index (κ2) is 7.36. The average molecular weight is 361 g/mol. The van der Waals surface area contributed by atoms with Gasteiger partial charge in [0.1, 0.15) is 5.82 Å². The van der Waals surface area contributed by atoms with E-state index in [4.69, 9.17) is 10.7 Å². The summed E-state index contributed by atoms with van der Waals surface area (Å²) in [5.74, 6) is 1.37. The maximum absolute atomic E-state index is 6.15. The van der Waals surface area contributed by atoms with Crippen LogP contribution in [0.2, 0.25) is 0 Å². The van der Waals surface area contributed by atoms with E-state index in [0.717, 1.165) is 47.6 Å². The van der Waals surface area contributed by atoms with E-state index in [1.807, 2.05) is 44.3 Å². The lowest BCUT2D eigenvalue weighted by Gasteiger charge is -2.27. The van der Waals surface area contributed by atoms with E-state index >= 15 is 0 Å². The quantitative estimate of drug-likeness (QED) is 0.763. The molecule has 1 aliphatic carbocycles. The second-order valence-electron chi connectivity index (χ2n) is 7.07. The highest BCUT2D eigenvalue weighted by Gasteiger charge is 2.31. The van der Waals surface area contributed by atoms with Gasteiger partial charge in [0, 0.05) is 30.0 Å². The number of hydrogen-bond acceptors (Lipinski definition) is 7. The van der Waals surface area contributed by atoms with Crippen LogP contribution in [0.3, 0.4) is 0 Å². The molecule has 0 spiro atoms. The average Bonchev–Trinajstić information content (AvgIpc) is 3.10. The van der Waals surface area contributed by atoms with E-state index in [0.29, 0.717) is 5.95 Å². The normalized spacial score (nSPS) is 19.2. The Hall–Kier alpha value is -2.93. The van der Waals surface area contributed by atoms with Crippen LogP contribution < -0.4 is 10.6 Å². The van der Waals surface area contributed by atoms with Gasteiger partial charge in [-0.2, -0.15) is 5.10 Å². The van der Waals surface area contributed by atoms with E-state index in [1.165, 1.54) is 0 Å². The van der Waals surface area contributed by atoms with Crippen molar-refractivity contribution >= 4 is 11.8 Å². The van der Waals surface area contributed by atoms with Gasteiger partial charge in [-0.1, -0.05) is 6.07 Å². The maximum atomic E-state index is 6.15. The van der Waals surface area contributed by atoms with Crippen LogP contribution in [0.25, 0.3) is 11.3 Å². The molecule has 7 heteroatoms. The van der Waals surface area contributed by atoms with Crippen LogP contribution in [0.15, 0.2) is 42.9 Å². The Morgan fingerprint density at radius 3 is 2.52 bits per heavy atom. The Morgan fingerprint density at radius 2 is 1.89 bits per heavy atom. The standard InChI is InChI=1S/C20H23N7/c1-13-4-3-9-22-19(13)15-5-8-18(23-12-15)27(17-7-6-16(21)10-17)20-24-11-14(2)25-26-20/h3-5,8-9,11-12,16-17H,6-7,10,21H2,1-2H3. The molecule has 1 aliphatic rings. The third-order valence-corrected chi connectivity index (χ3v) is 4.97. The van der Waals surface area contributed by atoms with E-state index in [9.17, 15) is 0 Å². The molecule has 138 valence electrons. The minimum atomic E-state index is 0.200. The Balaban J connectivity index is 1.69. The monoisotopic (exact) mass is 361 g/mol. The number of aromatic nitrogens is 5. The topological polar surface area (TPSA) is 93.7 Å². The molecule has 27 heavy (non-hydrogen) atoms. The molecule has 3 aromatic heterocycles. The van der Waals surface area contributed by atoms with Crippen LogP contribution in [-0.4, -0.2) is 37.2 Å². The van der Waals surface area contributed by atoms with Gasteiger partial charge in [0.05, 0.1) is 17.6 Å². The van der Waals surface area contributed by atoms with Crippen molar-refractivity contribution in [1.29, 1.82) is 0 Å². The van der Waals surface area contributed by atoms with Gasteiger partial charge in [-0.25, -0.2) is 9.97 Å². The first-order valence-electron chi connectivity index (χ1n) is 9.21. The number of nitrogens with two attached hydrogens (primary N) is 1. The molecule has 0 amide bonds. The van der Waals surface area contributed by atoms with E-state index in [2.05, 4.69) is 25.1 Å². The first kappa shape index (κ1) is 17.5. The van der Waals surface area contributed by atoms with Crippen LogP contribution in [-0.2, 0) is 0 Å². The van der Waals surface area contributed by atoms with Crippen molar-refractivity contribution in [2.24, 2.45) is 5.73 Å². The molecule has 1 fully saturated rings. The first-order chi connectivity index (χ1) is 13.1. The van der Waals surface area contributed by atoms with Crippen LogP contribution >= 0.6 is 0 Å². The van der Waals surface area contributed by atoms with Gasteiger partial charge in [0.2, 0.25) is 0 Å². The third-order valence-electron chi connectivity index (χ3n) is 4.97. The second-order valence-corrected chi connectivity index (χ2v) is 7.07. The summed E-state index contributed by atoms with van der Waals surface area (Å²) in [6, 6.07) is 8.45. The zero-order valence-corrected chi connectivity index (χ0v) is 15.6. The van der Waals surface area contributed by atoms with Gasteiger partial charge < -0.3 is 5.73 Å². The lowest BCUT2D eigenvalue weighted by molar-refractivity contribution is 0.630. The van der Waals surface area contributed by atoms with Crippen LogP contribution in [0.4, 0.5) is 11.8 Å². The van der Waals surface area contributed by atoms with Gasteiger partial charge in [-0.3, -0.25) is 9.88 Å². The SMILES string of the molecule is Cc1cnc(N(c2ccc(-c3ncccc3C)cn2)C2CCC(N)C2)nn1. The molecule has 0 saturated heterocycles. The van der Waals surface area contributed by atoms with Crippen molar-refractivity contribution in [1.82, 2.24) is 25.1 Å². The number of aryl methyl sites for hydroxylation is 2. The largest absolute Gasteiger partial charge is 0.328 e. The Kier molecular flexibility index (Phi) is 4.77. The molecule has 0 radical (unpaired) electrons.